The van der Waals surface area contributed by atoms with Crippen LogP contribution in [0.2, 0.25) is 5.02 Å². The average Bonchev–Trinajstić information content (AvgIpc) is 3.02. The zero-order chi connectivity index (χ0) is 33.3. The molecule has 0 fully saturated rings. The molecule has 0 bridgehead atoms. The molecule has 0 saturated carbocycles. The lowest BCUT2D eigenvalue weighted by Crippen LogP contribution is -2.54. The van der Waals surface area contributed by atoms with Crippen molar-refractivity contribution < 1.29 is 22.7 Å². The van der Waals surface area contributed by atoms with Crippen molar-refractivity contribution >= 4 is 55.1 Å². The molecule has 0 aliphatic carbocycles. The molecule has 0 saturated heterocycles. The van der Waals surface area contributed by atoms with E-state index in [0.29, 0.717) is 10.8 Å². The van der Waals surface area contributed by atoms with Gasteiger partial charge in [0.25, 0.3) is 10.0 Å². The number of sulfonamides is 1. The van der Waals surface area contributed by atoms with Gasteiger partial charge in [-0.25, -0.2) is 8.42 Å². The van der Waals surface area contributed by atoms with Gasteiger partial charge in [0.2, 0.25) is 11.8 Å². The number of benzene rings is 4. The third-order valence-corrected chi connectivity index (χ3v) is 9.58. The zero-order valence-electron chi connectivity index (χ0n) is 25.9. The minimum absolute atomic E-state index is 0.0482. The van der Waals surface area contributed by atoms with Gasteiger partial charge in [-0.3, -0.25) is 13.9 Å². The first-order chi connectivity index (χ1) is 22.0. The van der Waals surface area contributed by atoms with Crippen molar-refractivity contribution in [2.24, 2.45) is 0 Å². The van der Waals surface area contributed by atoms with Crippen LogP contribution in [-0.4, -0.2) is 50.4 Å². The van der Waals surface area contributed by atoms with Crippen molar-refractivity contribution in [2.75, 3.05) is 17.5 Å². The van der Waals surface area contributed by atoms with E-state index in [1.165, 1.54) is 29.2 Å². The SMILES string of the molecule is CCOc1ccccc1N(CC(=O)N(Cc1cccc(Br)c1)[C@H](Cc1ccccc1)C(=O)NC(C)C)S(=O)(=O)c1ccc(Cl)cc1. The van der Waals surface area contributed by atoms with E-state index in [4.69, 9.17) is 16.3 Å². The molecule has 11 heteroatoms. The summed E-state index contributed by atoms with van der Waals surface area (Å²) in [4.78, 5) is 29.8. The van der Waals surface area contributed by atoms with Crippen molar-refractivity contribution in [3.05, 3.63) is 124 Å². The second-order valence-corrected chi connectivity index (χ2v) is 14.1. The van der Waals surface area contributed by atoms with Gasteiger partial charge < -0.3 is 15.0 Å². The second-order valence-electron chi connectivity index (χ2n) is 10.9. The predicted molar refractivity (Wildman–Crippen MR) is 185 cm³/mol. The topological polar surface area (TPSA) is 96.0 Å². The summed E-state index contributed by atoms with van der Waals surface area (Å²) in [6.07, 6.45) is 0.221. The number of amides is 2. The van der Waals surface area contributed by atoms with Gasteiger partial charge in [0.1, 0.15) is 18.3 Å². The lowest BCUT2D eigenvalue weighted by molar-refractivity contribution is -0.140. The number of halogens is 2. The summed E-state index contributed by atoms with van der Waals surface area (Å²) in [5.41, 5.74) is 1.81. The number of ether oxygens (including phenoxy) is 1. The Morgan fingerprint density at radius 3 is 2.20 bits per heavy atom. The number of rotatable bonds is 14. The maximum atomic E-state index is 14.6. The van der Waals surface area contributed by atoms with Gasteiger partial charge in [-0.15, -0.1) is 0 Å². The molecule has 4 aromatic rings. The van der Waals surface area contributed by atoms with Crippen molar-refractivity contribution in [1.29, 1.82) is 0 Å². The lowest BCUT2D eigenvalue weighted by atomic mass is 10.0. The molecule has 46 heavy (non-hydrogen) atoms. The van der Waals surface area contributed by atoms with E-state index in [-0.39, 0.29) is 42.1 Å². The van der Waals surface area contributed by atoms with Crippen LogP contribution in [0.15, 0.2) is 112 Å². The Balaban J connectivity index is 1.84. The molecule has 8 nitrogen and oxygen atoms in total. The standard InChI is InChI=1S/C35H37BrClN3O5S/c1-4-45-33-16-9-8-15-31(33)40(46(43,44)30-19-17-29(37)18-20-30)24-34(41)39(23-27-13-10-14-28(36)21-27)32(35(42)38-25(2)3)22-26-11-6-5-7-12-26/h5-21,25,32H,4,22-24H2,1-3H3,(H,38,42)/t32-/m1/s1. The molecule has 242 valence electrons. The van der Waals surface area contributed by atoms with E-state index < -0.39 is 28.5 Å². The summed E-state index contributed by atoms with van der Waals surface area (Å²) in [5.74, 6) is -0.611. The van der Waals surface area contributed by atoms with Crippen LogP contribution < -0.4 is 14.4 Å². The Kier molecular flexibility index (Phi) is 12.3. The third-order valence-electron chi connectivity index (χ3n) is 7.06. The maximum Gasteiger partial charge on any atom is 0.264 e. The maximum absolute atomic E-state index is 14.6. The summed E-state index contributed by atoms with van der Waals surface area (Å²) < 4.78 is 36.2. The van der Waals surface area contributed by atoms with E-state index in [2.05, 4.69) is 21.2 Å². The highest BCUT2D eigenvalue weighted by atomic mass is 79.9. The number of hydrogen-bond acceptors (Lipinski definition) is 5. The van der Waals surface area contributed by atoms with E-state index >= 15 is 0 Å². The first-order valence-corrected chi connectivity index (χ1v) is 17.5. The van der Waals surface area contributed by atoms with Gasteiger partial charge in [0, 0.05) is 28.5 Å². The Morgan fingerprint density at radius 1 is 0.891 bits per heavy atom. The molecular formula is C35H37BrClN3O5S. The molecule has 1 N–H and O–H groups in total. The highest BCUT2D eigenvalue weighted by molar-refractivity contribution is 9.10. The third kappa shape index (κ3) is 9.11. The number of nitrogens with zero attached hydrogens (tertiary/aromatic N) is 2. The molecule has 1 atom stereocenters. The van der Waals surface area contributed by atoms with Gasteiger partial charge >= 0.3 is 0 Å². The van der Waals surface area contributed by atoms with Crippen LogP contribution in [0.4, 0.5) is 5.69 Å². The van der Waals surface area contributed by atoms with Gasteiger partial charge in [-0.1, -0.05) is 82.1 Å². The zero-order valence-corrected chi connectivity index (χ0v) is 29.1. The highest BCUT2D eigenvalue weighted by Crippen LogP contribution is 2.33. The summed E-state index contributed by atoms with van der Waals surface area (Å²) in [6.45, 7) is 5.24. The molecule has 0 heterocycles. The molecule has 2 amide bonds. The highest BCUT2D eigenvalue weighted by Gasteiger charge is 2.35. The first-order valence-electron chi connectivity index (χ1n) is 14.9. The van der Waals surface area contributed by atoms with Crippen LogP contribution in [0.5, 0.6) is 5.75 Å². The van der Waals surface area contributed by atoms with E-state index in [1.807, 2.05) is 68.4 Å². The summed E-state index contributed by atoms with van der Waals surface area (Å²) in [5, 5.41) is 3.33. The fourth-order valence-corrected chi connectivity index (χ4v) is 6.95. The minimum atomic E-state index is -4.30. The lowest BCUT2D eigenvalue weighted by Gasteiger charge is -2.34. The molecule has 0 aromatic heterocycles. The molecular weight excluding hydrogens is 690 g/mol. The predicted octanol–water partition coefficient (Wildman–Crippen LogP) is 6.86. The fourth-order valence-electron chi connectivity index (χ4n) is 4.95. The molecule has 0 unspecified atom stereocenters. The molecule has 0 aliphatic rings. The molecule has 4 rings (SSSR count). The van der Waals surface area contributed by atoms with Crippen molar-refractivity contribution in [3.63, 3.8) is 0 Å². The minimum Gasteiger partial charge on any atom is -0.492 e. The van der Waals surface area contributed by atoms with E-state index in [0.717, 1.165) is 19.9 Å². The van der Waals surface area contributed by atoms with E-state index in [1.54, 1.807) is 31.2 Å². The molecule has 0 spiro atoms. The number of nitrogens with one attached hydrogen (secondary N) is 1. The fraction of sp³-hybridized carbons (Fsp3) is 0.257. The largest absolute Gasteiger partial charge is 0.492 e. The Hall–Kier alpha value is -3.86. The second kappa shape index (κ2) is 16.1. The van der Waals surface area contributed by atoms with Crippen LogP contribution in [0.1, 0.15) is 31.9 Å². The number of carbonyl (C=O) groups is 2. The van der Waals surface area contributed by atoms with Crippen molar-refractivity contribution in [3.8, 4) is 5.75 Å². The summed E-state index contributed by atoms with van der Waals surface area (Å²) in [6, 6.07) is 28.1. The Labute approximate surface area is 284 Å². The smallest absolute Gasteiger partial charge is 0.264 e. The first kappa shape index (κ1) is 35.0. The van der Waals surface area contributed by atoms with Crippen molar-refractivity contribution in [2.45, 2.75) is 50.7 Å². The molecule has 0 radical (unpaired) electrons. The number of hydrogen-bond donors (Lipinski definition) is 1. The monoisotopic (exact) mass is 725 g/mol. The van der Waals surface area contributed by atoms with Crippen LogP contribution in [-0.2, 0) is 32.6 Å². The van der Waals surface area contributed by atoms with Gasteiger partial charge in [0.05, 0.1) is 17.2 Å². The quantitative estimate of drug-likeness (QED) is 0.153. The van der Waals surface area contributed by atoms with Crippen LogP contribution in [0, 0.1) is 0 Å². The van der Waals surface area contributed by atoms with Gasteiger partial charge in [-0.05, 0) is 80.4 Å². The van der Waals surface area contributed by atoms with Crippen molar-refractivity contribution in [1.82, 2.24) is 10.2 Å². The van der Waals surface area contributed by atoms with E-state index in [9.17, 15) is 18.0 Å². The normalized spacial score (nSPS) is 12.0. The Bertz CT molecular complexity index is 1740. The summed E-state index contributed by atoms with van der Waals surface area (Å²) in [7, 11) is -4.30. The number of para-hydroxylation sites is 2. The number of anilines is 1. The number of carbonyl (C=O) groups excluding carboxylic acids is 2. The van der Waals surface area contributed by atoms with Gasteiger partial charge in [0.15, 0.2) is 0 Å². The Morgan fingerprint density at radius 2 is 1.54 bits per heavy atom. The van der Waals surface area contributed by atoms with Crippen LogP contribution in [0.3, 0.4) is 0 Å². The summed E-state index contributed by atoms with van der Waals surface area (Å²) >= 11 is 9.57. The van der Waals surface area contributed by atoms with Crippen LogP contribution >= 0.6 is 27.5 Å². The van der Waals surface area contributed by atoms with Crippen LogP contribution in [0.25, 0.3) is 0 Å². The average molecular weight is 727 g/mol. The van der Waals surface area contributed by atoms with Gasteiger partial charge in [-0.2, -0.15) is 0 Å². The molecule has 4 aromatic carbocycles. The molecule has 0 aliphatic heterocycles.